The molecule has 1 amide bonds. The molecule has 3 aromatic heterocycles. The number of hydrogen-bond acceptors (Lipinski definition) is 5. The van der Waals surface area contributed by atoms with Crippen LogP contribution in [0.2, 0.25) is 0 Å². The summed E-state index contributed by atoms with van der Waals surface area (Å²) in [6.07, 6.45) is 7.89. The second kappa shape index (κ2) is 9.11. The van der Waals surface area contributed by atoms with Crippen LogP contribution in [0.25, 0.3) is 10.9 Å². The Kier molecular flexibility index (Phi) is 5.88. The first kappa shape index (κ1) is 21.3. The maximum atomic E-state index is 12.9. The molecule has 33 heavy (non-hydrogen) atoms. The van der Waals surface area contributed by atoms with E-state index in [2.05, 4.69) is 56.4 Å². The first-order valence-electron chi connectivity index (χ1n) is 11.4. The number of fused-ring (bicyclic) bond motifs is 2. The molecule has 0 radical (unpaired) electrons. The number of nitrogens with one attached hydrogen (secondary N) is 1. The quantitative estimate of drug-likeness (QED) is 0.477. The highest BCUT2D eigenvalue weighted by molar-refractivity contribution is 5.95. The molecule has 1 aliphatic heterocycles. The van der Waals surface area contributed by atoms with Crippen molar-refractivity contribution in [3.63, 3.8) is 0 Å². The van der Waals surface area contributed by atoms with Crippen LogP contribution in [0.3, 0.4) is 0 Å². The van der Waals surface area contributed by atoms with E-state index in [0.29, 0.717) is 25.9 Å². The van der Waals surface area contributed by atoms with Crippen molar-refractivity contribution in [1.82, 2.24) is 24.8 Å². The number of carbonyl (C=O) groups is 1. The Balaban J connectivity index is 1.44. The Morgan fingerprint density at radius 2 is 1.97 bits per heavy atom. The predicted molar refractivity (Wildman–Crippen MR) is 129 cm³/mol. The van der Waals surface area contributed by atoms with Crippen molar-refractivity contribution in [2.75, 3.05) is 18.5 Å². The van der Waals surface area contributed by atoms with Crippen LogP contribution in [0, 0.1) is 6.92 Å². The van der Waals surface area contributed by atoms with E-state index in [4.69, 9.17) is 4.98 Å². The molecule has 0 bridgehead atoms. The Bertz CT molecular complexity index is 1300. The Morgan fingerprint density at radius 1 is 1.09 bits per heavy atom. The van der Waals surface area contributed by atoms with Crippen LogP contribution in [-0.2, 0) is 30.7 Å². The smallest absolute Gasteiger partial charge is 0.228 e. The summed E-state index contributed by atoms with van der Waals surface area (Å²) >= 11 is 0. The Labute approximate surface area is 193 Å². The molecule has 0 saturated heterocycles. The molecule has 5 rings (SSSR count). The normalized spacial score (nSPS) is 13.5. The SMILES string of the molecule is CNCc1nc(C)c2c(n1)N(CCc1cn(Cc3cccnc3)c3ccccc13)C(=O)CC2. The van der Waals surface area contributed by atoms with Gasteiger partial charge in [-0.25, -0.2) is 9.97 Å². The number of carbonyl (C=O) groups excluding carboxylic acids is 1. The van der Waals surface area contributed by atoms with E-state index in [1.165, 1.54) is 16.5 Å². The molecule has 1 aliphatic rings. The van der Waals surface area contributed by atoms with Crippen molar-refractivity contribution in [1.29, 1.82) is 0 Å². The van der Waals surface area contributed by atoms with Crippen molar-refractivity contribution >= 4 is 22.6 Å². The number of rotatable bonds is 7. The second-order valence-corrected chi connectivity index (χ2v) is 8.51. The van der Waals surface area contributed by atoms with Gasteiger partial charge in [0, 0.05) is 60.3 Å². The third-order valence-corrected chi connectivity index (χ3v) is 6.27. The number of aryl methyl sites for hydroxylation is 1. The van der Waals surface area contributed by atoms with E-state index in [9.17, 15) is 4.79 Å². The van der Waals surface area contributed by atoms with Gasteiger partial charge in [0.25, 0.3) is 0 Å². The highest BCUT2D eigenvalue weighted by atomic mass is 16.2. The van der Waals surface area contributed by atoms with Gasteiger partial charge in [0.15, 0.2) is 0 Å². The standard InChI is InChI=1S/C26H28N6O/c1-18-21-9-10-25(33)32(26(21)30-24(29-18)15-27-2)13-11-20-17-31(16-19-6-5-12-28-14-19)23-8-4-3-7-22(20)23/h3-8,12,14,17,27H,9-11,13,15-16H2,1-2H3. The fourth-order valence-corrected chi connectivity index (χ4v) is 4.68. The summed E-state index contributed by atoms with van der Waals surface area (Å²) in [5, 5.41) is 4.33. The summed E-state index contributed by atoms with van der Waals surface area (Å²) < 4.78 is 2.27. The zero-order valence-electron chi connectivity index (χ0n) is 19.1. The van der Waals surface area contributed by atoms with Crippen LogP contribution in [-0.4, -0.2) is 39.0 Å². The average Bonchev–Trinajstić information content (AvgIpc) is 3.17. The third kappa shape index (κ3) is 4.24. The van der Waals surface area contributed by atoms with Crippen LogP contribution in [0.15, 0.2) is 55.0 Å². The van der Waals surface area contributed by atoms with E-state index in [-0.39, 0.29) is 5.91 Å². The van der Waals surface area contributed by atoms with Crippen LogP contribution >= 0.6 is 0 Å². The van der Waals surface area contributed by atoms with E-state index < -0.39 is 0 Å². The summed E-state index contributed by atoms with van der Waals surface area (Å²) in [6, 6.07) is 12.5. The summed E-state index contributed by atoms with van der Waals surface area (Å²) in [6.45, 7) is 3.96. The third-order valence-electron chi connectivity index (χ3n) is 6.27. The van der Waals surface area contributed by atoms with Crippen LogP contribution < -0.4 is 10.2 Å². The highest BCUT2D eigenvalue weighted by Gasteiger charge is 2.28. The minimum absolute atomic E-state index is 0.134. The molecule has 7 heteroatoms. The lowest BCUT2D eigenvalue weighted by Gasteiger charge is -2.29. The van der Waals surface area contributed by atoms with Gasteiger partial charge in [-0.3, -0.25) is 14.7 Å². The lowest BCUT2D eigenvalue weighted by molar-refractivity contribution is -0.118. The maximum Gasteiger partial charge on any atom is 0.228 e. The monoisotopic (exact) mass is 440 g/mol. The molecular weight excluding hydrogens is 412 g/mol. The molecule has 0 spiro atoms. The Morgan fingerprint density at radius 3 is 2.79 bits per heavy atom. The fourth-order valence-electron chi connectivity index (χ4n) is 4.68. The first-order chi connectivity index (χ1) is 16.1. The number of benzene rings is 1. The van der Waals surface area contributed by atoms with E-state index in [1.807, 2.05) is 31.1 Å². The lowest BCUT2D eigenvalue weighted by Crippen LogP contribution is -2.38. The van der Waals surface area contributed by atoms with Gasteiger partial charge in [0.05, 0.1) is 6.54 Å². The van der Waals surface area contributed by atoms with E-state index in [1.54, 1.807) is 6.20 Å². The van der Waals surface area contributed by atoms with E-state index >= 15 is 0 Å². The molecule has 4 aromatic rings. The summed E-state index contributed by atoms with van der Waals surface area (Å²) in [5.41, 5.74) is 5.64. The van der Waals surface area contributed by atoms with Gasteiger partial charge < -0.3 is 9.88 Å². The second-order valence-electron chi connectivity index (χ2n) is 8.51. The average molecular weight is 441 g/mol. The molecule has 4 heterocycles. The van der Waals surface area contributed by atoms with Gasteiger partial charge in [-0.05, 0) is 50.1 Å². The number of aromatic nitrogens is 4. The van der Waals surface area contributed by atoms with Crippen molar-refractivity contribution in [3.05, 3.63) is 83.2 Å². The number of nitrogens with zero attached hydrogens (tertiary/aromatic N) is 5. The minimum Gasteiger partial charge on any atom is -0.343 e. The predicted octanol–water partition coefficient (Wildman–Crippen LogP) is 3.42. The van der Waals surface area contributed by atoms with Crippen LogP contribution in [0.5, 0.6) is 0 Å². The van der Waals surface area contributed by atoms with Crippen LogP contribution in [0.1, 0.15) is 34.6 Å². The summed E-state index contributed by atoms with van der Waals surface area (Å²) in [7, 11) is 1.88. The maximum absolute atomic E-state index is 12.9. The number of pyridine rings is 1. The molecule has 7 nitrogen and oxygen atoms in total. The topological polar surface area (TPSA) is 75.9 Å². The van der Waals surface area contributed by atoms with Gasteiger partial charge in [-0.2, -0.15) is 0 Å². The number of amides is 1. The molecule has 0 unspecified atom stereocenters. The summed E-state index contributed by atoms with van der Waals surface area (Å²) in [4.78, 5) is 28.4. The molecular formula is C26H28N6O. The van der Waals surface area contributed by atoms with Gasteiger partial charge in [-0.1, -0.05) is 24.3 Å². The molecule has 0 fully saturated rings. The Hall–Kier alpha value is -3.58. The van der Waals surface area contributed by atoms with Crippen molar-refractivity contribution < 1.29 is 4.79 Å². The van der Waals surface area contributed by atoms with Crippen molar-refractivity contribution in [2.24, 2.45) is 0 Å². The largest absolute Gasteiger partial charge is 0.343 e. The zero-order chi connectivity index (χ0) is 22.8. The van der Waals surface area contributed by atoms with Gasteiger partial charge in [0.1, 0.15) is 11.6 Å². The molecule has 0 aliphatic carbocycles. The van der Waals surface area contributed by atoms with Crippen LogP contribution in [0.4, 0.5) is 5.82 Å². The molecule has 0 saturated carbocycles. The highest BCUT2D eigenvalue weighted by Crippen LogP contribution is 2.29. The number of para-hydroxylation sites is 1. The molecule has 0 atom stereocenters. The number of anilines is 1. The molecule has 1 N–H and O–H groups in total. The minimum atomic E-state index is 0.134. The lowest BCUT2D eigenvalue weighted by atomic mass is 10.0. The van der Waals surface area contributed by atoms with Crippen molar-refractivity contribution in [2.45, 2.75) is 39.3 Å². The molecule has 168 valence electrons. The van der Waals surface area contributed by atoms with Gasteiger partial charge in [0.2, 0.25) is 5.91 Å². The van der Waals surface area contributed by atoms with E-state index in [0.717, 1.165) is 41.4 Å². The van der Waals surface area contributed by atoms with Gasteiger partial charge >= 0.3 is 0 Å². The first-order valence-corrected chi connectivity index (χ1v) is 11.4. The van der Waals surface area contributed by atoms with Gasteiger partial charge in [-0.15, -0.1) is 0 Å². The zero-order valence-corrected chi connectivity index (χ0v) is 19.1. The summed E-state index contributed by atoms with van der Waals surface area (Å²) in [5.74, 6) is 1.64. The number of hydrogen-bond donors (Lipinski definition) is 1. The fraction of sp³-hybridized carbons (Fsp3) is 0.308. The molecule has 1 aromatic carbocycles. The van der Waals surface area contributed by atoms with Crippen molar-refractivity contribution in [3.8, 4) is 0 Å².